The highest BCUT2D eigenvalue weighted by Gasteiger charge is 2.20. The van der Waals surface area contributed by atoms with Crippen molar-refractivity contribution in [3.63, 3.8) is 0 Å². The predicted octanol–water partition coefficient (Wildman–Crippen LogP) is 2.28. The summed E-state index contributed by atoms with van der Waals surface area (Å²) in [5, 5.41) is 0. The van der Waals surface area contributed by atoms with Gasteiger partial charge in [0.05, 0.1) is 19.4 Å². The SMILES string of the molecule is CCOc1ccc(-n2c(=O)[nH]c3c(C(N)=O)nc(-c4cccc(OC)c4)nc32)cc1. The highest BCUT2D eigenvalue weighted by Crippen LogP contribution is 2.25. The van der Waals surface area contributed by atoms with Crippen molar-refractivity contribution in [2.45, 2.75) is 6.92 Å². The lowest BCUT2D eigenvalue weighted by atomic mass is 10.2. The van der Waals surface area contributed by atoms with Gasteiger partial charge < -0.3 is 20.2 Å². The van der Waals surface area contributed by atoms with E-state index in [0.717, 1.165) is 0 Å². The van der Waals surface area contributed by atoms with Gasteiger partial charge in [0.25, 0.3) is 5.91 Å². The van der Waals surface area contributed by atoms with E-state index in [4.69, 9.17) is 15.2 Å². The number of hydrogen-bond acceptors (Lipinski definition) is 6. The number of fused-ring (bicyclic) bond motifs is 1. The van der Waals surface area contributed by atoms with Crippen LogP contribution in [0.25, 0.3) is 28.2 Å². The zero-order chi connectivity index (χ0) is 21.3. The van der Waals surface area contributed by atoms with Crippen LogP contribution in [0.5, 0.6) is 11.5 Å². The molecule has 2 aromatic carbocycles. The van der Waals surface area contributed by atoms with E-state index in [1.165, 1.54) is 4.57 Å². The van der Waals surface area contributed by atoms with E-state index in [1.807, 2.05) is 6.92 Å². The summed E-state index contributed by atoms with van der Waals surface area (Å²) in [6.45, 7) is 2.42. The Balaban J connectivity index is 1.95. The van der Waals surface area contributed by atoms with E-state index in [1.54, 1.807) is 55.6 Å². The molecule has 0 bridgehead atoms. The molecule has 30 heavy (non-hydrogen) atoms. The maximum Gasteiger partial charge on any atom is 0.332 e. The molecule has 0 fully saturated rings. The quantitative estimate of drug-likeness (QED) is 0.507. The molecule has 0 atom stereocenters. The van der Waals surface area contributed by atoms with Gasteiger partial charge in [-0.2, -0.15) is 0 Å². The summed E-state index contributed by atoms with van der Waals surface area (Å²) >= 11 is 0. The zero-order valence-corrected chi connectivity index (χ0v) is 16.4. The number of rotatable bonds is 6. The second-order valence-electron chi connectivity index (χ2n) is 6.38. The van der Waals surface area contributed by atoms with Gasteiger partial charge in [0.1, 0.15) is 17.0 Å². The van der Waals surface area contributed by atoms with Gasteiger partial charge >= 0.3 is 5.69 Å². The first-order valence-electron chi connectivity index (χ1n) is 9.22. The summed E-state index contributed by atoms with van der Waals surface area (Å²) in [7, 11) is 1.55. The molecule has 9 nitrogen and oxygen atoms in total. The molecule has 0 unspecified atom stereocenters. The molecule has 1 amide bonds. The number of aromatic amines is 1. The van der Waals surface area contributed by atoms with Crippen LogP contribution in [0, 0.1) is 0 Å². The summed E-state index contributed by atoms with van der Waals surface area (Å²) in [4.78, 5) is 36.2. The van der Waals surface area contributed by atoms with Crippen molar-refractivity contribution in [2.24, 2.45) is 5.73 Å². The molecule has 4 aromatic rings. The number of carbonyl (C=O) groups is 1. The van der Waals surface area contributed by atoms with Crippen LogP contribution in [0.2, 0.25) is 0 Å². The molecule has 2 heterocycles. The molecule has 0 aliphatic rings. The van der Waals surface area contributed by atoms with E-state index in [0.29, 0.717) is 29.4 Å². The smallest absolute Gasteiger partial charge is 0.332 e. The van der Waals surface area contributed by atoms with Crippen LogP contribution < -0.4 is 20.9 Å². The Kier molecular flexibility index (Phi) is 4.93. The monoisotopic (exact) mass is 405 g/mol. The zero-order valence-electron chi connectivity index (χ0n) is 16.4. The number of nitrogens with two attached hydrogens (primary N) is 1. The number of imidazole rings is 1. The van der Waals surface area contributed by atoms with Crippen molar-refractivity contribution in [3.05, 3.63) is 64.7 Å². The Bertz CT molecular complexity index is 1290. The van der Waals surface area contributed by atoms with Crippen LogP contribution in [-0.4, -0.2) is 39.1 Å². The second kappa shape index (κ2) is 7.70. The van der Waals surface area contributed by atoms with Crippen LogP contribution in [-0.2, 0) is 0 Å². The molecule has 0 saturated heterocycles. The summed E-state index contributed by atoms with van der Waals surface area (Å²) in [6, 6.07) is 14.0. The second-order valence-corrected chi connectivity index (χ2v) is 6.38. The van der Waals surface area contributed by atoms with Gasteiger partial charge in [-0.15, -0.1) is 0 Å². The van der Waals surface area contributed by atoms with E-state index in [2.05, 4.69) is 15.0 Å². The predicted molar refractivity (Wildman–Crippen MR) is 111 cm³/mol. The Morgan fingerprint density at radius 3 is 2.57 bits per heavy atom. The van der Waals surface area contributed by atoms with Gasteiger partial charge in [-0.25, -0.2) is 19.3 Å². The van der Waals surface area contributed by atoms with Crippen LogP contribution in [0.1, 0.15) is 17.4 Å². The topological polar surface area (TPSA) is 125 Å². The van der Waals surface area contributed by atoms with Crippen molar-refractivity contribution in [1.29, 1.82) is 0 Å². The molecule has 2 aromatic heterocycles. The van der Waals surface area contributed by atoms with Crippen LogP contribution in [0.3, 0.4) is 0 Å². The fraction of sp³-hybridized carbons (Fsp3) is 0.143. The van der Waals surface area contributed by atoms with Crippen LogP contribution in [0.15, 0.2) is 53.3 Å². The lowest BCUT2D eigenvalue weighted by Gasteiger charge is -2.08. The van der Waals surface area contributed by atoms with E-state index in [-0.39, 0.29) is 22.7 Å². The van der Waals surface area contributed by atoms with Gasteiger partial charge in [-0.1, -0.05) is 12.1 Å². The minimum atomic E-state index is -0.772. The molecule has 9 heteroatoms. The van der Waals surface area contributed by atoms with E-state index >= 15 is 0 Å². The van der Waals surface area contributed by atoms with Crippen molar-refractivity contribution >= 4 is 17.1 Å². The molecule has 0 radical (unpaired) electrons. The molecule has 0 saturated carbocycles. The van der Waals surface area contributed by atoms with Gasteiger partial charge in [0.2, 0.25) is 0 Å². The molecule has 4 rings (SSSR count). The molecule has 0 aliphatic carbocycles. The molecular formula is C21H19N5O4. The first-order valence-corrected chi connectivity index (χ1v) is 9.22. The third-order valence-electron chi connectivity index (χ3n) is 4.50. The molecular weight excluding hydrogens is 386 g/mol. The van der Waals surface area contributed by atoms with E-state index in [9.17, 15) is 9.59 Å². The number of benzene rings is 2. The Morgan fingerprint density at radius 2 is 1.90 bits per heavy atom. The Labute approximate surface area is 171 Å². The van der Waals surface area contributed by atoms with Crippen LogP contribution >= 0.6 is 0 Å². The Morgan fingerprint density at radius 1 is 1.13 bits per heavy atom. The molecule has 0 aliphatic heterocycles. The van der Waals surface area contributed by atoms with Gasteiger partial charge in [-0.3, -0.25) is 4.79 Å². The standard InChI is InChI=1S/C21H19N5O4/c1-3-30-14-9-7-13(8-10-14)26-20-17(24-21(26)28)16(18(22)27)23-19(25-20)12-5-4-6-15(11-12)29-2/h4-11H,3H2,1-2H3,(H2,22,27)(H,24,28). The number of carbonyl (C=O) groups excluding carboxylic acids is 1. The van der Waals surface area contributed by atoms with Crippen molar-refractivity contribution < 1.29 is 14.3 Å². The number of hydrogen-bond donors (Lipinski definition) is 2. The minimum absolute atomic E-state index is 0.0698. The first-order chi connectivity index (χ1) is 14.5. The maximum absolute atomic E-state index is 12.7. The molecule has 152 valence electrons. The first kappa shape index (κ1) is 19.2. The summed E-state index contributed by atoms with van der Waals surface area (Å²) in [5.41, 5.74) is 6.59. The number of nitrogens with zero attached hydrogens (tertiary/aromatic N) is 3. The van der Waals surface area contributed by atoms with Gasteiger partial charge in [-0.05, 0) is 43.3 Å². The minimum Gasteiger partial charge on any atom is -0.497 e. The van der Waals surface area contributed by atoms with Gasteiger partial charge in [0, 0.05) is 5.56 Å². The Hall–Kier alpha value is -4.14. The lowest BCUT2D eigenvalue weighted by molar-refractivity contribution is 0.0997. The average Bonchev–Trinajstić information content (AvgIpc) is 3.09. The third-order valence-corrected chi connectivity index (χ3v) is 4.50. The summed E-state index contributed by atoms with van der Waals surface area (Å²) in [5.74, 6) is 0.758. The maximum atomic E-state index is 12.7. The molecule has 3 N–H and O–H groups in total. The highest BCUT2D eigenvalue weighted by molar-refractivity contribution is 6.02. The number of aromatic nitrogens is 4. The third kappa shape index (κ3) is 3.37. The summed E-state index contributed by atoms with van der Waals surface area (Å²) in [6.07, 6.45) is 0. The van der Waals surface area contributed by atoms with Crippen LogP contribution in [0.4, 0.5) is 0 Å². The fourth-order valence-corrected chi connectivity index (χ4v) is 3.15. The van der Waals surface area contributed by atoms with E-state index < -0.39 is 11.6 Å². The van der Waals surface area contributed by atoms with Crippen molar-refractivity contribution in [1.82, 2.24) is 19.5 Å². The van der Waals surface area contributed by atoms with Gasteiger partial charge in [0.15, 0.2) is 17.2 Å². The normalized spacial score (nSPS) is 10.9. The number of primary amides is 1. The lowest BCUT2D eigenvalue weighted by Crippen LogP contribution is -2.15. The molecule has 0 spiro atoms. The number of nitrogens with one attached hydrogen (secondary N) is 1. The number of H-pyrrole nitrogens is 1. The van der Waals surface area contributed by atoms with Crippen molar-refractivity contribution in [2.75, 3.05) is 13.7 Å². The summed E-state index contributed by atoms with van der Waals surface area (Å²) < 4.78 is 12.1. The largest absolute Gasteiger partial charge is 0.497 e. The fourth-order valence-electron chi connectivity index (χ4n) is 3.15. The number of ether oxygens (including phenoxy) is 2. The number of methoxy groups -OCH3 is 1. The highest BCUT2D eigenvalue weighted by atomic mass is 16.5. The van der Waals surface area contributed by atoms with Crippen molar-refractivity contribution in [3.8, 4) is 28.6 Å². The number of amides is 1. The average molecular weight is 405 g/mol.